The number of rotatable bonds is 4. The van der Waals surface area contributed by atoms with Gasteiger partial charge in [0.15, 0.2) is 5.69 Å². The highest BCUT2D eigenvalue weighted by atomic mass is 19.4. The summed E-state index contributed by atoms with van der Waals surface area (Å²) in [4.78, 5) is 16.6. The molecule has 0 aliphatic rings. The third-order valence-corrected chi connectivity index (χ3v) is 3.74. The molecular formula is C16H19F3N4O. The Labute approximate surface area is 137 Å². The fourth-order valence-corrected chi connectivity index (χ4v) is 2.15. The van der Waals surface area contributed by atoms with Gasteiger partial charge < -0.3 is 5.32 Å². The fraction of sp³-hybridized carbons (Fsp3) is 0.438. The normalized spacial score (nSPS) is 13.6. The Morgan fingerprint density at radius 2 is 1.92 bits per heavy atom. The largest absolute Gasteiger partial charge is 0.435 e. The van der Waals surface area contributed by atoms with Crippen molar-refractivity contribution in [2.24, 2.45) is 0 Å². The van der Waals surface area contributed by atoms with Gasteiger partial charge in [0.05, 0.1) is 5.54 Å². The Kier molecular flexibility index (Phi) is 4.68. The highest BCUT2D eigenvalue weighted by molar-refractivity contribution is 5.80. The van der Waals surface area contributed by atoms with Crippen molar-refractivity contribution < 1.29 is 18.0 Å². The molecular weight excluding hydrogens is 321 g/mol. The van der Waals surface area contributed by atoms with E-state index in [1.165, 1.54) is 6.92 Å². The number of aryl methyl sites for hydroxylation is 1. The van der Waals surface area contributed by atoms with Crippen molar-refractivity contribution in [3.63, 3.8) is 0 Å². The van der Waals surface area contributed by atoms with Crippen molar-refractivity contribution in [2.75, 3.05) is 0 Å². The number of halogens is 3. The quantitative estimate of drug-likeness (QED) is 0.930. The van der Waals surface area contributed by atoms with Crippen LogP contribution in [0.25, 0.3) is 0 Å². The number of alkyl halides is 3. The SMILES string of the molecule is Cc1ccc(C(C)(C)NC(=O)C(C)n2ccc(C(F)(F)F)n2)cn1. The molecule has 130 valence electrons. The van der Waals surface area contributed by atoms with Gasteiger partial charge in [0, 0.05) is 18.1 Å². The van der Waals surface area contributed by atoms with Crippen molar-refractivity contribution in [3.05, 3.63) is 47.5 Å². The topological polar surface area (TPSA) is 59.8 Å². The zero-order chi connectivity index (χ0) is 18.1. The van der Waals surface area contributed by atoms with E-state index in [2.05, 4.69) is 15.4 Å². The van der Waals surface area contributed by atoms with Crippen LogP contribution in [-0.4, -0.2) is 20.7 Å². The number of aromatic nitrogens is 3. The Hall–Kier alpha value is -2.38. The number of nitrogens with zero attached hydrogens (tertiary/aromatic N) is 3. The molecule has 1 atom stereocenters. The number of pyridine rings is 1. The van der Waals surface area contributed by atoms with Crippen molar-refractivity contribution in [1.29, 1.82) is 0 Å². The van der Waals surface area contributed by atoms with E-state index in [1.807, 2.05) is 19.1 Å². The molecule has 5 nitrogen and oxygen atoms in total. The second-order valence-corrected chi connectivity index (χ2v) is 6.16. The van der Waals surface area contributed by atoms with Gasteiger partial charge in [-0.3, -0.25) is 14.5 Å². The Morgan fingerprint density at radius 1 is 1.25 bits per heavy atom. The summed E-state index contributed by atoms with van der Waals surface area (Å²) in [5.74, 6) is -0.433. The average molecular weight is 340 g/mol. The summed E-state index contributed by atoms with van der Waals surface area (Å²) in [7, 11) is 0. The first-order valence-electron chi connectivity index (χ1n) is 7.38. The standard InChI is InChI=1S/C16H19F3N4O/c1-10-5-6-12(9-20-10)15(3,4)21-14(24)11(2)23-8-7-13(22-23)16(17,18)19/h5-9,11H,1-4H3,(H,21,24). The number of hydrogen-bond acceptors (Lipinski definition) is 3. The van der Waals surface area contributed by atoms with Crippen LogP contribution < -0.4 is 5.32 Å². The van der Waals surface area contributed by atoms with Crippen molar-refractivity contribution in [1.82, 2.24) is 20.1 Å². The lowest BCUT2D eigenvalue weighted by atomic mass is 9.95. The lowest BCUT2D eigenvalue weighted by molar-refractivity contribution is -0.142. The van der Waals surface area contributed by atoms with Gasteiger partial charge in [-0.25, -0.2) is 0 Å². The number of hydrogen-bond donors (Lipinski definition) is 1. The minimum absolute atomic E-state index is 0.433. The molecule has 0 spiro atoms. The molecule has 0 radical (unpaired) electrons. The summed E-state index contributed by atoms with van der Waals surface area (Å²) < 4.78 is 38.8. The summed E-state index contributed by atoms with van der Waals surface area (Å²) in [5, 5.41) is 6.25. The highest BCUT2D eigenvalue weighted by Gasteiger charge is 2.34. The van der Waals surface area contributed by atoms with E-state index in [0.717, 1.165) is 28.2 Å². The zero-order valence-electron chi connectivity index (χ0n) is 13.8. The van der Waals surface area contributed by atoms with Gasteiger partial charge in [-0.2, -0.15) is 18.3 Å². The van der Waals surface area contributed by atoms with Gasteiger partial charge in [-0.05, 0) is 45.4 Å². The second kappa shape index (κ2) is 6.26. The first kappa shape index (κ1) is 18.0. The van der Waals surface area contributed by atoms with E-state index in [1.54, 1.807) is 20.0 Å². The minimum Gasteiger partial charge on any atom is -0.345 e. The summed E-state index contributed by atoms with van der Waals surface area (Å²) in [6, 6.07) is 3.65. The van der Waals surface area contributed by atoms with Crippen LogP contribution in [0.2, 0.25) is 0 Å². The highest BCUT2D eigenvalue weighted by Crippen LogP contribution is 2.28. The molecule has 1 amide bonds. The zero-order valence-corrected chi connectivity index (χ0v) is 13.8. The Morgan fingerprint density at radius 3 is 2.42 bits per heavy atom. The van der Waals surface area contributed by atoms with Crippen LogP contribution in [-0.2, 0) is 16.5 Å². The molecule has 0 bridgehead atoms. The van der Waals surface area contributed by atoms with Gasteiger partial charge >= 0.3 is 6.18 Å². The number of nitrogens with one attached hydrogen (secondary N) is 1. The molecule has 8 heteroatoms. The molecule has 0 saturated carbocycles. The molecule has 2 heterocycles. The molecule has 0 aromatic carbocycles. The lowest BCUT2D eigenvalue weighted by Crippen LogP contribution is -2.44. The van der Waals surface area contributed by atoms with Gasteiger partial charge in [0.1, 0.15) is 6.04 Å². The number of carbonyl (C=O) groups excluding carboxylic acids is 1. The maximum atomic E-state index is 12.6. The summed E-state index contributed by atoms with van der Waals surface area (Å²) in [6.07, 6.45) is -1.72. The minimum atomic E-state index is -4.53. The molecule has 24 heavy (non-hydrogen) atoms. The first-order chi connectivity index (χ1) is 11.0. The van der Waals surface area contributed by atoms with Crippen LogP contribution in [0.1, 0.15) is 43.8 Å². The van der Waals surface area contributed by atoms with E-state index in [-0.39, 0.29) is 0 Å². The summed E-state index contributed by atoms with van der Waals surface area (Å²) in [6.45, 7) is 6.95. The van der Waals surface area contributed by atoms with E-state index < -0.39 is 29.4 Å². The third kappa shape index (κ3) is 3.93. The van der Waals surface area contributed by atoms with Crippen molar-refractivity contribution in [3.8, 4) is 0 Å². The van der Waals surface area contributed by atoms with Gasteiger partial charge in [-0.15, -0.1) is 0 Å². The van der Waals surface area contributed by atoms with Gasteiger partial charge in [-0.1, -0.05) is 6.07 Å². The lowest BCUT2D eigenvalue weighted by Gasteiger charge is -2.28. The Balaban J connectivity index is 2.13. The molecule has 0 aliphatic heterocycles. The molecule has 1 unspecified atom stereocenters. The van der Waals surface area contributed by atoms with E-state index in [4.69, 9.17) is 0 Å². The van der Waals surface area contributed by atoms with Crippen LogP contribution in [0.4, 0.5) is 13.2 Å². The average Bonchev–Trinajstić information content (AvgIpc) is 2.96. The molecule has 2 rings (SSSR count). The molecule has 2 aromatic heterocycles. The number of amides is 1. The van der Waals surface area contributed by atoms with Gasteiger partial charge in [0.25, 0.3) is 0 Å². The van der Waals surface area contributed by atoms with Gasteiger partial charge in [0.2, 0.25) is 5.91 Å². The predicted octanol–water partition coefficient (Wildman–Crippen LogP) is 3.22. The first-order valence-corrected chi connectivity index (χ1v) is 7.38. The van der Waals surface area contributed by atoms with Crippen LogP contribution >= 0.6 is 0 Å². The van der Waals surface area contributed by atoms with E-state index in [9.17, 15) is 18.0 Å². The summed E-state index contributed by atoms with van der Waals surface area (Å²) in [5.41, 5.74) is -0.0915. The third-order valence-electron chi connectivity index (χ3n) is 3.74. The van der Waals surface area contributed by atoms with Crippen molar-refractivity contribution in [2.45, 2.75) is 45.5 Å². The van der Waals surface area contributed by atoms with Crippen LogP contribution in [0, 0.1) is 6.92 Å². The van der Waals surface area contributed by atoms with Crippen LogP contribution in [0.15, 0.2) is 30.6 Å². The molecule has 0 fully saturated rings. The number of carbonyl (C=O) groups is 1. The molecule has 1 N–H and O–H groups in total. The Bertz CT molecular complexity index is 720. The summed E-state index contributed by atoms with van der Waals surface area (Å²) >= 11 is 0. The maximum Gasteiger partial charge on any atom is 0.435 e. The smallest absolute Gasteiger partial charge is 0.345 e. The van der Waals surface area contributed by atoms with Crippen molar-refractivity contribution >= 4 is 5.91 Å². The van der Waals surface area contributed by atoms with Crippen LogP contribution in [0.5, 0.6) is 0 Å². The van der Waals surface area contributed by atoms with Crippen LogP contribution in [0.3, 0.4) is 0 Å². The molecule has 0 aliphatic carbocycles. The second-order valence-electron chi connectivity index (χ2n) is 6.16. The van der Waals surface area contributed by atoms with E-state index in [0.29, 0.717) is 0 Å². The molecule has 0 saturated heterocycles. The maximum absolute atomic E-state index is 12.6. The molecule has 2 aromatic rings. The fourth-order valence-electron chi connectivity index (χ4n) is 2.15. The monoisotopic (exact) mass is 340 g/mol. The van der Waals surface area contributed by atoms with E-state index >= 15 is 0 Å². The predicted molar refractivity (Wildman–Crippen MR) is 82.1 cm³/mol.